The van der Waals surface area contributed by atoms with E-state index in [2.05, 4.69) is 36.4 Å². The Bertz CT molecular complexity index is 315. The van der Waals surface area contributed by atoms with Gasteiger partial charge in [0.1, 0.15) is 6.10 Å². The highest BCUT2D eigenvalue weighted by molar-refractivity contribution is 5.34. The van der Waals surface area contributed by atoms with Gasteiger partial charge < -0.3 is 4.74 Å². The van der Waals surface area contributed by atoms with Crippen molar-refractivity contribution in [2.45, 2.75) is 19.4 Å². The third-order valence-electron chi connectivity index (χ3n) is 2.26. The molecule has 0 saturated carbocycles. The van der Waals surface area contributed by atoms with Crippen molar-refractivity contribution >= 4 is 0 Å². The molecular formula is C12H13O. The average molecular weight is 173 g/mol. The first-order valence-electron chi connectivity index (χ1n) is 4.69. The van der Waals surface area contributed by atoms with Gasteiger partial charge in [0.2, 0.25) is 0 Å². The maximum Gasteiger partial charge on any atom is 0.108 e. The van der Waals surface area contributed by atoms with Gasteiger partial charge in [-0.3, -0.25) is 0 Å². The van der Waals surface area contributed by atoms with Crippen LogP contribution in [0.3, 0.4) is 0 Å². The van der Waals surface area contributed by atoms with Crippen LogP contribution in [0, 0.1) is 6.08 Å². The lowest BCUT2D eigenvalue weighted by molar-refractivity contribution is 0.0897. The van der Waals surface area contributed by atoms with E-state index in [4.69, 9.17) is 4.74 Å². The number of hydrogen-bond donors (Lipinski definition) is 0. The number of fused-ring (bicyclic) bond motifs is 1. The lowest BCUT2D eigenvalue weighted by atomic mass is 9.95. The number of allylic oxidation sites excluding steroid dienone is 1. The van der Waals surface area contributed by atoms with Crippen LogP contribution in [0.4, 0.5) is 0 Å². The molecule has 0 fully saturated rings. The SMILES string of the molecule is CCOC1[C]=CCc2ccccc21. The third kappa shape index (κ3) is 1.65. The lowest BCUT2D eigenvalue weighted by Gasteiger charge is -2.19. The summed E-state index contributed by atoms with van der Waals surface area (Å²) in [5, 5.41) is 0. The minimum Gasteiger partial charge on any atom is -0.369 e. The van der Waals surface area contributed by atoms with Crippen LogP contribution in [0.5, 0.6) is 0 Å². The van der Waals surface area contributed by atoms with Crippen LogP contribution in [0.25, 0.3) is 0 Å². The first-order valence-corrected chi connectivity index (χ1v) is 4.69. The Labute approximate surface area is 79.0 Å². The predicted molar refractivity (Wildman–Crippen MR) is 52.3 cm³/mol. The molecular weight excluding hydrogens is 160 g/mol. The van der Waals surface area contributed by atoms with E-state index in [0.29, 0.717) is 0 Å². The Kier molecular flexibility index (Phi) is 2.46. The fourth-order valence-electron chi connectivity index (χ4n) is 1.65. The molecule has 0 aromatic heterocycles. The molecule has 2 rings (SSSR count). The third-order valence-corrected chi connectivity index (χ3v) is 2.26. The van der Waals surface area contributed by atoms with Gasteiger partial charge in [-0.2, -0.15) is 0 Å². The van der Waals surface area contributed by atoms with E-state index in [-0.39, 0.29) is 6.10 Å². The van der Waals surface area contributed by atoms with Crippen molar-refractivity contribution in [2.75, 3.05) is 6.61 Å². The van der Waals surface area contributed by atoms with Crippen molar-refractivity contribution in [3.8, 4) is 0 Å². The van der Waals surface area contributed by atoms with Crippen molar-refractivity contribution in [1.82, 2.24) is 0 Å². The normalized spacial score (nSPS) is 19.9. The van der Waals surface area contributed by atoms with E-state index < -0.39 is 0 Å². The summed E-state index contributed by atoms with van der Waals surface area (Å²) in [5.74, 6) is 0. The molecule has 0 N–H and O–H groups in total. The second kappa shape index (κ2) is 3.75. The van der Waals surface area contributed by atoms with Crippen molar-refractivity contribution in [3.05, 3.63) is 47.5 Å². The largest absolute Gasteiger partial charge is 0.369 e. The molecule has 1 radical (unpaired) electrons. The molecule has 0 amide bonds. The van der Waals surface area contributed by atoms with Gasteiger partial charge in [-0.1, -0.05) is 30.3 Å². The molecule has 1 aliphatic carbocycles. The standard InChI is InChI=1S/C12H13O/c1-2-13-12-9-5-7-10-6-3-4-8-11(10)12/h3-6,8,12H,2,7H2,1H3. The molecule has 1 heteroatoms. The van der Waals surface area contributed by atoms with Crippen LogP contribution < -0.4 is 0 Å². The summed E-state index contributed by atoms with van der Waals surface area (Å²) >= 11 is 0. The minimum atomic E-state index is 0.0509. The van der Waals surface area contributed by atoms with E-state index in [1.54, 1.807) is 0 Å². The Morgan fingerprint density at radius 2 is 2.31 bits per heavy atom. The first-order chi connectivity index (χ1) is 6.42. The van der Waals surface area contributed by atoms with Crippen molar-refractivity contribution in [1.29, 1.82) is 0 Å². The van der Waals surface area contributed by atoms with Gasteiger partial charge in [-0.25, -0.2) is 0 Å². The van der Waals surface area contributed by atoms with E-state index in [9.17, 15) is 0 Å². The first kappa shape index (κ1) is 8.52. The number of rotatable bonds is 2. The van der Waals surface area contributed by atoms with Crippen LogP contribution in [0.1, 0.15) is 24.2 Å². The zero-order chi connectivity index (χ0) is 9.10. The molecule has 0 saturated heterocycles. The van der Waals surface area contributed by atoms with E-state index in [1.807, 2.05) is 6.92 Å². The molecule has 1 nitrogen and oxygen atoms in total. The number of hydrogen-bond acceptors (Lipinski definition) is 1. The average Bonchev–Trinajstić information content (AvgIpc) is 2.19. The van der Waals surface area contributed by atoms with Gasteiger partial charge in [-0.15, -0.1) is 0 Å². The molecule has 0 heterocycles. The number of ether oxygens (including phenoxy) is 1. The summed E-state index contributed by atoms with van der Waals surface area (Å²) in [7, 11) is 0. The maximum absolute atomic E-state index is 5.57. The maximum atomic E-state index is 5.57. The molecule has 13 heavy (non-hydrogen) atoms. The molecule has 0 spiro atoms. The van der Waals surface area contributed by atoms with E-state index in [1.165, 1.54) is 11.1 Å². The van der Waals surface area contributed by atoms with Crippen molar-refractivity contribution in [2.24, 2.45) is 0 Å². The fourth-order valence-corrected chi connectivity index (χ4v) is 1.65. The smallest absolute Gasteiger partial charge is 0.108 e. The van der Waals surface area contributed by atoms with Gasteiger partial charge in [0, 0.05) is 6.61 Å². The van der Waals surface area contributed by atoms with Gasteiger partial charge in [0.05, 0.1) is 0 Å². The Morgan fingerprint density at radius 1 is 1.46 bits per heavy atom. The van der Waals surface area contributed by atoms with Gasteiger partial charge >= 0.3 is 0 Å². The molecule has 1 unspecified atom stereocenters. The summed E-state index contributed by atoms with van der Waals surface area (Å²) in [6, 6.07) is 8.40. The van der Waals surface area contributed by atoms with E-state index >= 15 is 0 Å². The monoisotopic (exact) mass is 173 g/mol. The molecule has 67 valence electrons. The summed E-state index contributed by atoms with van der Waals surface area (Å²) in [4.78, 5) is 0. The highest BCUT2D eigenvalue weighted by Gasteiger charge is 2.15. The number of benzene rings is 1. The van der Waals surface area contributed by atoms with Crippen molar-refractivity contribution < 1.29 is 4.74 Å². The summed E-state index contributed by atoms with van der Waals surface area (Å²) in [5.41, 5.74) is 2.63. The molecule has 1 aromatic carbocycles. The summed E-state index contributed by atoms with van der Waals surface area (Å²) < 4.78 is 5.57. The molecule has 1 atom stereocenters. The van der Waals surface area contributed by atoms with Gasteiger partial charge in [0.15, 0.2) is 0 Å². The van der Waals surface area contributed by atoms with Crippen LogP contribution in [-0.4, -0.2) is 6.61 Å². The molecule has 1 aliphatic rings. The minimum absolute atomic E-state index is 0.0509. The zero-order valence-electron chi connectivity index (χ0n) is 7.79. The van der Waals surface area contributed by atoms with E-state index in [0.717, 1.165) is 13.0 Å². The van der Waals surface area contributed by atoms with Gasteiger partial charge in [-0.05, 0) is 30.5 Å². The topological polar surface area (TPSA) is 9.23 Å². The van der Waals surface area contributed by atoms with Crippen LogP contribution in [0.2, 0.25) is 0 Å². The summed E-state index contributed by atoms with van der Waals surface area (Å²) in [6.07, 6.45) is 6.32. The molecule has 0 bridgehead atoms. The predicted octanol–water partition coefficient (Wildman–Crippen LogP) is 2.68. The molecule has 0 aliphatic heterocycles. The highest BCUT2D eigenvalue weighted by atomic mass is 16.5. The second-order valence-electron chi connectivity index (χ2n) is 3.11. The Hall–Kier alpha value is -1.08. The quantitative estimate of drug-likeness (QED) is 0.668. The Balaban J connectivity index is 2.31. The second-order valence-corrected chi connectivity index (χ2v) is 3.11. The Morgan fingerprint density at radius 3 is 3.15 bits per heavy atom. The zero-order valence-corrected chi connectivity index (χ0v) is 7.79. The fraction of sp³-hybridized carbons (Fsp3) is 0.333. The molecule has 1 aromatic rings. The summed E-state index contributed by atoms with van der Waals surface area (Å²) in [6.45, 7) is 2.75. The van der Waals surface area contributed by atoms with Crippen LogP contribution >= 0.6 is 0 Å². The van der Waals surface area contributed by atoms with Crippen LogP contribution in [-0.2, 0) is 11.2 Å². The van der Waals surface area contributed by atoms with Crippen LogP contribution in [0.15, 0.2) is 30.3 Å². The lowest BCUT2D eigenvalue weighted by Crippen LogP contribution is -2.08. The highest BCUT2D eigenvalue weighted by Crippen LogP contribution is 2.26. The van der Waals surface area contributed by atoms with Crippen molar-refractivity contribution in [3.63, 3.8) is 0 Å². The van der Waals surface area contributed by atoms with Gasteiger partial charge in [0.25, 0.3) is 0 Å².